The van der Waals surface area contributed by atoms with Crippen LogP contribution in [0.2, 0.25) is 0 Å². The van der Waals surface area contributed by atoms with E-state index >= 15 is 0 Å². The Morgan fingerprint density at radius 1 is 0.700 bits per heavy atom. The number of carbonyl (C=O) groups is 2. The van der Waals surface area contributed by atoms with Gasteiger partial charge in [0, 0.05) is 37.1 Å². The third-order valence-electron chi connectivity index (χ3n) is 5.75. The average Bonchev–Trinajstić information content (AvgIpc) is 2.95. The van der Waals surface area contributed by atoms with Gasteiger partial charge in [0.05, 0.1) is 0 Å². The lowest BCUT2D eigenvalue weighted by Crippen LogP contribution is -2.07. The maximum Gasteiger partial charge on any atom is 0.308 e. The van der Waals surface area contributed by atoms with Crippen LogP contribution in [-0.2, 0) is 22.8 Å². The lowest BCUT2D eigenvalue weighted by Gasteiger charge is -2.15. The van der Waals surface area contributed by atoms with E-state index in [9.17, 15) is 14.7 Å². The molecule has 0 amide bonds. The van der Waals surface area contributed by atoms with E-state index < -0.39 is 18.0 Å². The van der Waals surface area contributed by atoms with Gasteiger partial charge < -0.3 is 24.1 Å². The summed E-state index contributed by atoms with van der Waals surface area (Å²) in [7, 11) is 0. The van der Waals surface area contributed by atoms with Crippen LogP contribution in [0.25, 0.3) is 6.08 Å². The van der Waals surface area contributed by atoms with Gasteiger partial charge in [-0.05, 0) is 35.4 Å². The second-order valence-electron chi connectivity index (χ2n) is 8.94. The minimum atomic E-state index is -1.13. The molecule has 0 saturated carbocycles. The summed E-state index contributed by atoms with van der Waals surface area (Å²) in [5.41, 5.74) is 3.10. The number of hydrogen-bond donors (Lipinski definition) is 1. The van der Waals surface area contributed by atoms with Gasteiger partial charge in [-0.1, -0.05) is 72.8 Å². The van der Waals surface area contributed by atoms with E-state index in [-0.39, 0.29) is 11.5 Å². The number of esters is 2. The predicted octanol–water partition coefficient (Wildman–Crippen LogP) is 6.44. The molecule has 0 heterocycles. The molecule has 0 aliphatic rings. The molecule has 4 aromatic carbocycles. The van der Waals surface area contributed by atoms with Crippen molar-refractivity contribution in [3.05, 3.63) is 125 Å². The van der Waals surface area contributed by atoms with Crippen molar-refractivity contribution in [2.75, 3.05) is 0 Å². The Balaban J connectivity index is 1.57. The summed E-state index contributed by atoms with van der Waals surface area (Å²) in [6.07, 6.45) is 2.16. The van der Waals surface area contributed by atoms with Crippen molar-refractivity contribution in [3.63, 3.8) is 0 Å². The van der Waals surface area contributed by atoms with Gasteiger partial charge in [-0.15, -0.1) is 0 Å². The number of aliphatic hydroxyl groups excluding tert-OH is 1. The van der Waals surface area contributed by atoms with Crippen LogP contribution < -0.4 is 18.9 Å². The molecule has 40 heavy (non-hydrogen) atoms. The zero-order chi connectivity index (χ0) is 28.3. The third kappa shape index (κ3) is 8.31. The van der Waals surface area contributed by atoms with Gasteiger partial charge in [-0.3, -0.25) is 9.59 Å². The van der Waals surface area contributed by atoms with E-state index in [0.29, 0.717) is 35.8 Å². The fourth-order valence-electron chi connectivity index (χ4n) is 3.87. The maximum absolute atomic E-state index is 11.7. The largest absolute Gasteiger partial charge is 0.489 e. The Morgan fingerprint density at radius 2 is 1.27 bits per heavy atom. The van der Waals surface area contributed by atoms with E-state index in [1.165, 1.54) is 26.0 Å². The van der Waals surface area contributed by atoms with Gasteiger partial charge in [-0.25, -0.2) is 0 Å². The molecule has 7 nitrogen and oxygen atoms in total. The first kappa shape index (κ1) is 28.1. The lowest BCUT2D eigenvalue weighted by molar-refractivity contribution is -0.132. The molecule has 0 saturated heterocycles. The molecule has 0 aliphatic carbocycles. The fourth-order valence-corrected chi connectivity index (χ4v) is 3.87. The molecule has 0 fully saturated rings. The van der Waals surface area contributed by atoms with Gasteiger partial charge in [0.2, 0.25) is 0 Å². The van der Waals surface area contributed by atoms with Crippen LogP contribution in [0, 0.1) is 0 Å². The van der Waals surface area contributed by atoms with Crippen LogP contribution in [0.1, 0.15) is 42.2 Å². The molecule has 4 rings (SSSR count). The smallest absolute Gasteiger partial charge is 0.308 e. The van der Waals surface area contributed by atoms with E-state index in [1.807, 2.05) is 78.9 Å². The standard InChI is InChI=1S/C33H30O7/c1-23(34)39-29-16-17-30(33(20-29)40-24(2)35)31(36)18-14-27-13-15-28(37-21-25-9-5-3-6-10-25)19-32(27)38-22-26-11-7-4-8-12-26/h3-20,31,36H,21-22H2,1-2H3. The highest BCUT2D eigenvalue weighted by Gasteiger charge is 2.16. The first-order valence-electron chi connectivity index (χ1n) is 12.7. The molecule has 1 N–H and O–H groups in total. The Bertz CT molecular complexity index is 1460. The number of hydrogen-bond acceptors (Lipinski definition) is 7. The summed E-state index contributed by atoms with van der Waals surface area (Å²) in [5.74, 6) is 0.423. The predicted molar refractivity (Wildman–Crippen MR) is 151 cm³/mol. The van der Waals surface area contributed by atoms with Crippen molar-refractivity contribution in [1.29, 1.82) is 0 Å². The molecule has 0 spiro atoms. The zero-order valence-electron chi connectivity index (χ0n) is 22.3. The van der Waals surface area contributed by atoms with Crippen LogP contribution in [0.3, 0.4) is 0 Å². The van der Waals surface area contributed by atoms with E-state index in [1.54, 1.807) is 18.2 Å². The highest BCUT2D eigenvalue weighted by Crippen LogP contribution is 2.33. The molecule has 1 unspecified atom stereocenters. The molecule has 0 aromatic heterocycles. The van der Waals surface area contributed by atoms with Crippen molar-refractivity contribution in [2.24, 2.45) is 0 Å². The first-order chi connectivity index (χ1) is 19.4. The van der Waals surface area contributed by atoms with Crippen molar-refractivity contribution >= 4 is 18.0 Å². The summed E-state index contributed by atoms with van der Waals surface area (Å²) in [6.45, 7) is 3.28. The quantitative estimate of drug-likeness (QED) is 0.174. The minimum absolute atomic E-state index is 0.0913. The molecule has 7 heteroatoms. The Hall–Kier alpha value is -4.88. The number of carbonyl (C=O) groups excluding carboxylic acids is 2. The second kappa shape index (κ2) is 13.8. The lowest BCUT2D eigenvalue weighted by atomic mass is 10.1. The van der Waals surface area contributed by atoms with E-state index in [0.717, 1.165) is 11.1 Å². The molecular weight excluding hydrogens is 508 g/mol. The summed E-state index contributed by atoms with van der Waals surface area (Å²) in [6, 6.07) is 29.6. The Morgan fingerprint density at radius 3 is 1.90 bits per heavy atom. The Kier molecular flexibility index (Phi) is 9.69. The molecule has 1 atom stereocenters. The van der Waals surface area contributed by atoms with Gasteiger partial charge in [0.1, 0.15) is 42.3 Å². The van der Waals surface area contributed by atoms with Gasteiger partial charge in [-0.2, -0.15) is 0 Å². The van der Waals surface area contributed by atoms with Crippen LogP contribution in [-0.4, -0.2) is 17.0 Å². The topological polar surface area (TPSA) is 91.3 Å². The fraction of sp³-hybridized carbons (Fsp3) is 0.152. The van der Waals surface area contributed by atoms with Crippen molar-refractivity contribution in [2.45, 2.75) is 33.2 Å². The Labute approximate surface area is 233 Å². The van der Waals surface area contributed by atoms with E-state index in [4.69, 9.17) is 18.9 Å². The summed E-state index contributed by atoms with van der Waals surface area (Å²) in [4.78, 5) is 23.0. The van der Waals surface area contributed by atoms with Crippen LogP contribution >= 0.6 is 0 Å². The zero-order valence-corrected chi connectivity index (χ0v) is 22.3. The normalized spacial score (nSPS) is 11.6. The molecule has 0 radical (unpaired) electrons. The van der Waals surface area contributed by atoms with Crippen LogP contribution in [0.15, 0.2) is 103 Å². The molecule has 0 aliphatic heterocycles. The van der Waals surface area contributed by atoms with Crippen LogP contribution in [0.4, 0.5) is 0 Å². The average molecular weight is 539 g/mol. The summed E-state index contributed by atoms with van der Waals surface area (Å²) >= 11 is 0. The van der Waals surface area contributed by atoms with Crippen molar-refractivity contribution in [3.8, 4) is 23.0 Å². The van der Waals surface area contributed by atoms with Gasteiger partial charge >= 0.3 is 11.9 Å². The number of rotatable bonds is 11. The van der Waals surface area contributed by atoms with Gasteiger partial charge in [0.25, 0.3) is 0 Å². The highest BCUT2D eigenvalue weighted by molar-refractivity contribution is 5.72. The monoisotopic (exact) mass is 538 g/mol. The summed E-state index contributed by atoms with van der Waals surface area (Å²) < 4.78 is 22.5. The third-order valence-corrected chi connectivity index (χ3v) is 5.75. The molecule has 204 valence electrons. The molecular formula is C33H30O7. The maximum atomic E-state index is 11.7. The molecule has 4 aromatic rings. The number of aliphatic hydroxyl groups is 1. The minimum Gasteiger partial charge on any atom is -0.489 e. The van der Waals surface area contributed by atoms with Gasteiger partial charge in [0.15, 0.2) is 0 Å². The van der Waals surface area contributed by atoms with Crippen molar-refractivity contribution < 1.29 is 33.6 Å². The van der Waals surface area contributed by atoms with Crippen LogP contribution in [0.5, 0.6) is 23.0 Å². The first-order valence-corrected chi connectivity index (χ1v) is 12.7. The number of ether oxygens (including phenoxy) is 4. The number of benzene rings is 4. The second-order valence-corrected chi connectivity index (χ2v) is 8.94. The molecule has 0 bridgehead atoms. The summed E-state index contributed by atoms with van der Waals surface area (Å²) in [5, 5.41) is 11.0. The SMILES string of the molecule is CC(=O)Oc1ccc(C(O)C=Cc2ccc(OCc3ccccc3)cc2OCc2ccccc2)c(OC(C)=O)c1. The highest BCUT2D eigenvalue weighted by atomic mass is 16.5. The van der Waals surface area contributed by atoms with Crippen molar-refractivity contribution in [1.82, 2.24) is 0 Å². The van der Waals surface area contributed by atoms with E-state index in [2.05, 4.69) is 0 Å².